The molecule has 0 amide bonds. The SMILES string of the molecule is c1cc2snnc2cc1-c1cn[nH]c1. The number of aromatic nitrogens is 4. The predicted octanol–water partition coefficient (Wildman–Crippen LogP) is 2.08. The summed E-state index contributed by atoms with van der Waals surface area (Å²) in [6, 6.07) is 6.10. The second kappa shape index (κ2) is 2.88. The molecule has 0 bridgehead atoms. The Balaban J connectivity index is 2.23. The molecule has 0 saturated heterocycles. The van der Waals surface area contributed by atoms with Crippen LogP contribution in [-0.4, -0.2) is 19.8 Å². The van der Waals surface area contributed by atoms with E-state index < -0.39 is 0 Å². The number of benzene rings is 1. The summed E-state index contributed by atoms with van der Waals surface area (Å²) < 4.78 is 5.00. The summed E-state index contributed by atoms with van der Waals surface area (Å²) in [5, 5.41) is 10.7. The van der Waals surface area contributed by atoms with Gasteiger partial charge in [-0.3, -0.25) is 5.10 Å². The zero-order chi connectivity index (χ0) is 9.38. The summed E-state index contributed by atoms with van der Waals surface area (Å²) in [6.45, 7) is 0. The van der Waals surface area contributed by atoms with Gasteiger partial charge in [-0.2, -0.15) is 5.10 Å². The average Bonchev–Trinajstić information content (AvgIpc) is 2.88. The fourth-order valence-electron chi connectivity index (χ4n) is 1.37. The van der Waals surface area contributed by atoms with Crippen LogP contribution in [0, 0.1) is 0 Å². The van der Waals surface area contributed by atoms with Crippen LogP contribution >= 0.6 is 11.5 Å². The van der Waals surface area contributed by atoms with Crippen molar-refractivity contribution >= 4 is 21.7 Å². The fraction of sp³-hybridized carbons (Fsp3) is 0. The molecule has 14 heavy (non-hydrogen) atoms. The second-order valence-electron chi connectivity index (χ2n) is 2.94. The first kappa shape index (κ1) is 7.64. The van der Waals surface area contributed by atoms with Crippen molar-refractivity contribution < 1.29 is 0 Å². The molecule has 68 valence electrons. The Bertz CT molecular complexity index is 555. The number of hydrogen-bond acceptors (Lipinski definition) is 4. The highest BCUT2D eigenvalue weighted by Gasteiger charge is 2.02. The Morgan fingerprint density at radius 2 is 2.21 bits per heavy atom. The molecule has 2 aromatic heterocycles. The van der Waals surface area contributed by atoms with Gasteiger partial charge >= 0.3 is 0 Å². The molecule has 0 aliphatic rings. The maximum Gasteiger partial charge on any atom is 0.106 e. The van der Waals surface area contributed by atoms with E-state index in [0.29, 0.717) is 0 Å². The molecule has 1 aromatic carbocycles. The molecule has 0 radical (unpaired) electrons. The summed E-state index contributed by atoms with van der Waals surface area (Å²) >= 11 is 1.41. The average molecular weight is 202 g/mol. The normalized spacial score (nSPS) is 10.9. The lowest BCUT2D eigenvalue weighted by Gasteiger charge is -1.94. The molecular formula is C9H6N4S. The number of nitrogens with zero attached hydrogens (tertiary/aromatic N) is 3. The van der Waals surface area contributed by atoms with Crippen molar-refractivity contribution in [1.82, 2.24) is 19.8 Å². The van der Waals surface area contributed by atoms with Gasteiger partial charge in [-0.05, 0) is 29.2 Å². The molecule has 1 N–H and O–H groups in total. The number of rotatable bonds is 1. The van der Waals surface area contributed by atoms with Gasteiger partial charge in [0.25, 0.3) is 0 Å². The quantitative estimate of drug-likeness (QED) is 0.657. The molecule has 0 atom stereocenters. The van der Waals surface area contributed by atoms with E-state index in [1.54, 1.807) is 6.20 Å². The highest BCUT2D eigenvalue weighted by Crippen LogP contribution is 2.23. The third kappa shape index (κ3) is 1.10. The van der Waals surface area contributed by atoms with Crippen molar-refractivity contribution in [3.05, 3.63) is 30.6 Å². The van der Waals surface area contributed by atoms with E-state index in [4.69, 9.17) is 0 Å². The van der Waals surface area contributed by atoms with Gasteiger partial charge in [-0.15, -0.1) is 5.10 Å². The van der Waals surface area contributed by atoms with E-state index in [9.17, 15) is 0 Å². The van der Waals surface area contributed by atoms with Crippen molar-refractivity contribution in [3.8, 4) is 11.1 Å². The van der Waals surface area contributed by atoms with E-state index >= 15 is 0 Å². The van der Waals surface area contributed by atoms with Gasteiger partial charge in [0.2, 0.25) is 0 Å². The Hall–Kier alpha value is -1.75. The van der Waals surface area contributed by atoms with Crippen molar-refractivity contribution in [3.63, 3.8) is 0 Å². The van der Waals surface area contributed by atoms with Crippen LogP contribution in [0.5, 0.6) is 0 Å². The number of aromatic amines is 1. The molecular weight excluding hydrogens is 196 g/mol. The van der Waals surface area contributed by atoms with Gasteiger partial charge < -0.3 is 0 Å². The van der Waals surface area contributed by atoms with Crippen LogP contribution in [0.3, 0.4) is 0 Å². The Kier molecular flexibility index (Phi) is 1.57. The second-order valence-corrected chi connectivity index (χ2v) is 3.73. The number of nitrogens with one attached hydrogen (secondary N) is 1. The molecule has 0 unspecified atom stereocenters. The van der Waals surface area contributed by atoms with Gasteiger partial charge in [-0.25, -0.2) is 0 Å². The fourth-order valence-corrected chi connectivity index (χ4v) is 1.91. The third-order valence-electron chi connectivity index (χ3n) is 2.08. The minimum Gasteiger partial charge on any atom is -0.285 e. The van der Waals surface area contributed by atoms with Crippen molar-refractivity contribution in [1.29, 1.82) is 0 Å². The maximum atomic E-state index is 4.03. The Morgan fingerprint density at radius 1 is 1.21 bits per heavy atom. The lowest BCUT2D eigenvalue weighted by molar-refractivity contribution is 1.09. The summed E-state index contributed by atoms with van der Waals surface area (Å²) in [4.78, 5) is 0. The van der Waals surface area contributed by atoms with E-state index in [-0.39, 0.29) is 0 Å². The van der Waals surface area contributed by atoms with Crippen LogP contribution in [0.15, 0.2) is 30.6 Å². The predicted molar refractivity (Wildman–Crippen MR) is 55.0 cm³/mol. The molecule has 5 heteroatoms. The van der Waals surface area contributed by atoms with E-state index in [0.717, 1.165) is 21.3 Å². The summed E-state index contributed by atoms with van der Waals surface area (Å²) in [7, 11) is 0. The third-order valence-corrected chi connectivity index (χ3v) is 2.78. The van der Waals surface area contributed by atoms with Gasteiger partial charge in [0.1, 0.15) is 5.52 Å². The summed E-state index contributed by atoms with van der Waals surface area (Å²) in [6.07, 6.45) is 3.65. The van der Waals surface area contributed by atoms with Crippen LogP contribution in [0.2, 0.25) is 0 Å². The Morgan fingerprint density at radius 3 is 3.07 bits per heavy atom. The zero-order valence-electron chi connectivity index (χ0n) is 7.14. The highest BCUT2D eigenvalue weighted by atomic mass is 32.1. The van der Waals surface area contributed by atoms with E-state index in [1.165, 1.54) is 11.5 Å². The van der Waals surface area contributed by atoms with Gasteiger partial charge in [0, 0.05) is 11.8 Å². The molecule has 3 rings (SSSR count). The summed E-state index contributed by atoms with van der Waals surface area (Å²) in [5.74, 6) is 0. The minimum absolute atomic E-state index is 0.939. The molecule has 3 aromatic rings. The van der Waals surface area contributed by atoms with E-state index in [1.807, 2.05) is 24.4 Å². The first-order valence-electron chi connectivity index (χ1n) is 4.15. The smallest absolute Gasteiger partial charge is 0.106 e. The molecule has 0 fully saturated rings. The molecule has 4 nitrogen and oxygen atoms in total. The lowest BCUT2D eigenvalue weighted by Crippen LogP contribution is -1.74. The Labute approximate surface area is 83.8 Å². The van der Waals surface area contributed by atoms with Gasteiger partial charge in [-0.1, -0.05) is 10.6 Å². The lowest BCUT2D eigenvalue weighted by atomic mass is 10.1. The summed E-state index contributed by atoms with van der Waals surface area (Å²) in [5.41, 5.74) is 3.12. The van der Waals surface area contributed by atoms with Gasteiger partial charge in [0.05, 0.1) is 10.9 Å². The largest absolute Gasteiger partial charge is 0.285 e. The standard InChI is InChI=1S/C9H6N4S/c1-2-9-8(12-13-14-9)3-6(1)7-4-10-11-5-7/h1-5H,(H,10,11). The minimum atomic E-state index is 0.939. The van der Waals surface area contributed by atoms with Crippen LogP contribution in [0.25, 0.3) is 21.3 Å². The number of hydrogen-bond donors (Lipinski definition) is 1. The molecule has 0 aliphatic carbocycles. The first-order chi connectivity index (χ1) is 6.93. The monoisotopic (exact) mass is 202 g/mol. The number of fused-ring (bicyclic) bond motifs is 1. The highest BCUT2D eigenvalue weighted by molar-refractivity contribution is 7.12. The molecule has 2 heterocycles. The molecule has 0 saturated carbocycles. The molecule has 0 spiro atoms. The van der Waals surface area contributed by atoms with Crippen LogP contribution in [0.4, 0.5) is 0 Å². The van der Waals surface area contributed by atoms with Crippen LogP contribution in [-0.2, 0) is 0 Å². The van der Waals surface area contributed by atoms with Crippen molar-refractivity contribution in [2.24, 2.45) is 0 Å². The van der Waals surface area contributed by atoms with Crippen LogP contribution < -0.4 is 0 Å². The first-order valence-corrected chi connectivity index (χ1v) is 4.92. The van der Waals surface area contributed by atoms with Gasteiger partial charge in [0.15, 0.2) is 0 Å². The zero-order valence-corrected chi connectivity index (χ0v) is 7.95. The topological polar surface area (TPSA) is 54.5 Å². The van der Waals surface area contributed by atoms with Crippen molar-refractivity contribution in [2.75, 3.05) is 0 Å². The molecule has 0 aliphatic heterocycles. The maximum absolute atomic E-state index is 4.03. The van der Waals surface area contributed by atoms with Crippen molar-refractivity contribution in [2.45, 2.75) is 0 Å². The number of H-pyrrole nitrogens is 1. The van der Waals surface area contributed by atoms with Crippen LogP contribution in [0.1, 0.15) is 0 Å². The van der Waals surface area contributed by atoms with E-state index in [2.05, 4.69) is 19.8 Å².